The summed E-state index contributed by atoms with van der Waals surface area (Å²) in [4.78, 5) is 16.8. The van der Waals surface area contributed by atoms with Crippen molar-refractivity contribution in [2.45, 2.75) is 26.4 Å². The van der Waals surface area contributed by atoms with Crippen LogP contribution < -0.4 is 5.32 Å². The van der Waals surface area contributed by atoms with Gasteiger partial charge in [0, 0.05) is 18.9 Å². The number of rotatable bonds is 5. The Hall–Kier alpha value is -3.15. The van der Waals surface area contributed by atoms with E-state index in [0.29, 0.717) is 19.5 Å². The molecule has 4 rings (SSSR count). The molecule has 2 aromatic heterocycles. The molecule has 4 aromatic rings. The molecule has 0 fully saturated rings. The quantitative estimate of drug-likeness (QED) is 0.604. The Balaban J connectivity index is 1.38. The lowest BCUT2D eigenvalue weighted by molar-refractivity contribution is -0.121. The van der Waals surface area contributed by atoms with Crippen molar-refractivity contribution in [1.29, 1.82) is 0 Å². The number of aromatic nitrogens is 4. The van der Waals surface area contributed by atoms with Crippen LogP contribution in [0.1, 0.15) is 17.8 Å². The second-order valence-electron chi connectivity index (χ2n) is 6.53. The Morgan fingerprint density at radius 2 is 2.00 bits per heavy atom. The molecule has 0 unspecified atom stereocenters. The van der Waals surface area contributed by atoms with Crippen LogP contribution in [-0.4, -0.2) is 25.2 Å². The smallest absolute Gasteiger partial charge is 0.222 e. The molecule has 0 spiro atoms. The number of nitrogens with one attached hydrogen (secondary N) is 1. The van der Waals surface area contributed by atoms with Gasteiger partial charge in [0.25, 0.3) is 0 Å². The summed E-state index contributed by atoms with van der Waals surface area (Å²) in [6.45, 7) is 3.04. The van der Waals surface area contributed by atoms with Crippen LogP contribution in [0.15, 0.2) is 48.7 Å². The van der Waals surface area contributed by atoms with Gasteiger partial charge in [0.1, 0.15) is 5.82 Å². The molecule has 0 saturated carbocycles. The lowest BCUT2D eigenvalue weighted by atomic mass is 10.2. The van der Waals surface area contributed by atoms with Crippen molar-refractivity contribution in [3.8, 4) is 0 Å². The van der Waals surface area contributed by atoms with Gasteiger partial charge in [0.05, 0.1) is 35.8 Å². The van der Waals surface area contributed by atoms with Crippen molar-refractivity contribution in [1.82, 2.24) is 24.6 Å². The fourth-order valence-corrected chi connectivity index (χ4v) is 3.21. The van der Waals surface area contributed by atoms with E-state index in [2.05, 4.69) is 40.5 Å². The van der Waals surface area contributed by atoms with E-state index in [1.807, 2.05) is 46.8 Å². The molecular weight excluding hydrogens is 326 g/mol. The van der Waals surface area contributed by atoms with Gasteiger partial charge < -0.3 is 9.88 Å². The van der Waals surface area contributed by atoms with Crippen LogP contribution in [0.5, 0.6) is 0 Å². The average Bonchev–Trinajstić information content (AvgIpc) is 3.19. The number of carbonyl (C=O) groups is 1. The second kappa shape index (κ2) is 6.63. The van der Waals surface area contributed by atoms with Gasteiger partial charge in [-0.1, -0.05) is 23.8 Å². The van der Waals surface area contributed by atoms with Crippen LogP contribution in [0.2, 0.25) is 0 Å². The van der Waals surface area contributed by atoms with E-state index < -0.39 is 0 Å². The van der Waals surface area contributed by atoms with Crippen LogP contribution >= 0.6 is 0 Å². The molecule has 0 bridgehead atoms. The van der Waals surface area contributed by atoms with Crippen molar-refractivity contribution < 1.29 is 4.79 Å². The maximum Gasteiger partial charge on any atom is 0.222 e. The van der Waals surface area contributed by atoms with E-state index in [-0.39, 0.29) is 5.91 Å². The average molecular weight is 347 g/mol. The Kier molecular flexibility index (Phi) is 4.16. The highest BCUT2D eigenvalue weighted by Gasteiger charge is 2.10. The lowest BCUT2D eigenvalue weighted by Crippen LogP contribution is -2.25. The first-order valence-corrected chi connectivity index (χ1v) is 8.71. The third-order valence-corrected chi connectivity index (χ3v) is 4.67. The fraction of sp³-hybridized carbons (Fsp3) is 0.250. The summed E-state index contributed by atoms with van der Waals surface area (Å²) in [5, 5.41) is 8.45. The Labute approximate surface area is 151 Å². The number of amides is 1. The van der Waals surface area contributed by atoms with Crippen LogP contribution in [0.4, 0.5) is 0 Å². The third-order valence-electron chi connectivity index (χ3n) is 4.67. The molecule has 0 radical (unpaired) electrons. The first-order chi connectivity index (χ1) is 12.6. The second-order valence-corrected chi connectivity index (χ2v) is 6.53. The molecule has 0 aliphatic heterocycles. The lowest BCUT2D eigenvalue weighted by Gasteiger charge is -2.07. The standard InChI is InChI=1S/C20H21N5O/c1-14-7-8-17-15(11-14)12-22-25(17)10-9-20(26)21-13-19-23-16-5-3-4-6-18(16)24(19)2/h3-8,11-12H,9-10,13H2,1-2H3,(H,21,26). The molecule has 1 N–H and O–H groups in total. The normalized spacial score (nSPS) is 11.3. The van der Waals surface area contributed by atoms with E-state index in [4.69, 9.17) is 0 Å². The SMILES string of the molecule is Cc1ccc2c(cnn2CCC(=O)NCc2nc3ccccc3n2C)c1. The predicted octanol–water partition coefficient (Wildman–Crippen LogP) is 2.94. The maximum absolute atomic E-state index is 12.2. The molecule has 26 heavy (non-hydrogen) atoms. The van der Waals surface area contributed by atoms with Crippen LogP contribution in [0.25, 0.3) is 21.9 Å². The van der Waals surface area contributed by atoms with Gasteiger partial charge in [-0.05, 0) is 31.2 Å². The monoisotopic (exact) mass is 347 g/mol. The van der Waals surface area contributed by atoms with Crippen molar-refractivity contribution in [3.05, 3.63) is 60.0 Å². The van der Waals surface area contributed by atoms with Crippen LogP contribution in [-0.2, 0) is 24.9 Å². The molecule has 0 aliphatic rings. The minimum Gasteiger partial charge on any atom is -0.349 e. The number of nitrogens with zero attached hydrogens (tertiary/aromatic N) is 4. The summed E-state index contributed by atoms with van der Waals surface area (Å²) in [5.74, 6) is 0.840. The Morgan fingerprint density at radius 3 is 2.85 bits per heavy atom. The Morgan fingerprint density at radius 1 is 1.15 bits per heavy atom. The van der Waals surface area contributed by atoms with Gasteiger partial charge in [-0.3, -0.25) is 9.48 Å². The summed E-state index contributed by atoms with van der Waals surface area (Å²) < 4.78 is 3.89. The number of hydrogen-bond acceptors (Lipinski definition) is 3. The number of benzene rings is 2. The molecule has 2 heterocycles. The zero-order valence-corrected chi connectivity index (χ0v) is 14.9. The summed E-state index contributed by atoms with van der Waals surface area (Å²) in [5.41, 5.74) is 4.27. The maximum atomic E-state index is 12.2. The molecule has 6 nitrogen and oxygen atoms in total. The molecule has 132 valence electrons. The van der Waals surface area contributed by atoms with Crippen molar-refractivity contribution in [2.75, 3.05) is 0 Å². The highest BCUT2D eigenvalue weighted by atomic mass is 16.1. The van der Waals surface area contributed by atoms with E-state index in [9.17, 15) is 4.79 Å². The largest absolute Gasteiger partial charge is 0.349 e. The van der Waals surface area contributed by atoms with Gasteiger partial charge in [-0.15, -0.1) is 0 Å². The molecule has 6 heteroatoms. The number of carbonyl (C=O) groups excluding carboxylic acids is 1. The molecule has 0 aliphatic carbocycles. The van der Waals surface area contributed by atoms with E-state index >= 15 is 0 Å². The summed E-state index contributed by atoms with van der Waals surface area (Å²) in [6.07, 6.45) is 2.23. The molecule has 2 aromatic carbocycles. The number of aryl methyl sites for hydroxylation is 3. The summed E-state index contributed by atoms with van der Waals surface area (Å²) in [6, 6.07) is 14.2. The van der Waals surface area contributed by atoms with Gasteiger partial charge in [0.2, 0.25) is 5.91 Å². The minimum atomic E-state index is -0.00665. The van der Waals surface area contributed by atoms with Crippen LogP contribution in [0.3, 0.4) is 0 Å². The molecule has 0 saturated heterocycles. The predicted molar refractivity (Wildman–Crippen MR) is 102 cm³/mol. The molecule has 1 amide bonds. The van der Waals surface area contributed by atoms with Crippen molar-refractivity contribution >= 4 is 27.8 Å². The van der Waals surface area contributed by atoms with Gasteiger partial charge in [-0.2, -0.15) is 5.10 Å². The highest BCUT2D eigenvalue weighted by Crippen LogP contribution is 2.16. The van der Waals surface area contributed by atoms with Crippen LogP contribution in [0, 0.1) is 6.92 Å². The van der Waals surface area contributed by atoms with E-state index in [1.165, 1.54) is 5.56 Å². The third kappa shape index (κ3) is 3.06. The van der Waals surface area contributed by atoms with E-state index in [0.717, 1.165) is 27.8 Å². The van der Waals surface area contributed by atoms with Gasteiger partial charge in [-0.25, -0.2) is 4.98 Å². The van der Waals surface area contributed by atoms with Gasteiger partial charge >= 0.3 is 0 Å². The van der Waals surface area contributed by atoms with Crippen molar-refractivity contribution in [3.63, 3.8) is 0 Å². The number of hydrogen-bond donors (Lipinski definition) is 1. The number of imidazole rings is 1. The zero-order chi connectivity index (χ0) is 18.1. The van der Waals surface area contributed by atoms with E-state index in [1.54, 1.807) is 0 Å². The minimum absolute atomic E-state index is 0.00665. The zero-order valence-electron chi connectivity index (χ0n) is 14.9. The topological polar surface area (TPSA) is 64.7 Å². The van der Waals surface area contributed by atoms with Crippen molar-refractivity contribution in [2.24, 2.45) is 7.05 Å². The molecular formula is C20H21N5O. The highest BCUT2D eigenvalue weighted by molar-refractivity contribution is 5.80. The first-order valence-electron chi connectivity index (χ1n) is 8.71. The number of para-hydroxylation sites is 2. The Bertz CT molecular complexity index is 1090. The first kappa shape index (κ1) is 16.3. The summed E-state index contributed by atoms with van der Waals surface area (Å²) in [7, 11) is 1.97. The summed E-state index contributed by atoms with van der Waals surface area (Å²) >= 11 is 0. The number of fused-ring (bicyclic) bond motifs is 2. The molecule has 0 atom stereocenters. The fourth-order valence-electron chi connectivity index (χ4n) is 3.21. The van der Waals surface area contributed by atoms with Gasteiger partial charge in [0.15, 0.2) is 0 Å².